The monoisotopic (exact) mass is 425 g/mol. The van der Waals surface area contributed by atoms with Crippen LogP contribution in [-0.4, -0.2) is 25.9 Å². The van der Waals surface area contributed by atoms with Crippen molar-refractivity contribution in [1.29, 1.82) is 0 Å². The summed E-state index contributed by atoms with van der Waals surface area (Å²) in [6.45, 7) is 0. The molecule has 0 bridgehead atoms. The van der Waals surface area contributed by atoms with Gasteiger partial charge in [0.15, 0.2) is 0 Å². The van der Waals surface area contributed by atoms with Gasteiger partial charge in [0.1, 0.15) is 11.2 Å². The Balaban J connectivity index is 2.00. The van der Waals surface area contributed by atoms with Crippen molar-refractivity contribution in [3.63, 3.8) is 0 Å². The molecule has 0 amide bonds. The molecule has 0 atom stereocenters. The molecule has 0 spiro atoms. The summed E-state index contributed by atoms with van der Waals surface area (Å²) >= 11 is 0. The zero-order valence-corrected chi connectivity index (χ0v) is 18.7. The third-order valence-corrected chi connectivity index (χ3v) is 7.80. The fourth-order valence-corrected chi connectivity index (χ4v) is 5.94. The topological polar surface area (TPSA) is 49.7 Å². The SMILES string of the molecule is COc1ccc(-n2c(Cc3ccccc3)c3c(c2P(=O)(OC)OC)CCCC3)cc1. The van der Waals surface area contributed by atoms with E-state index in [-0.39, 0.29) is 0 Å². The lowest BCUT2D eigenvalue weighted by Gasteiger charge is -2.20. The molecule has 1 heterocycles. The lowest BCUT2D eigenvalue weighted by molar-refractivity contribution is 0.286. The van der Waals surface area contributed by atoms with Gasteiger partial charge in [0, 0.05) is 32.0 Å². The summed E-state index contributed by atoms with van der Waals surface area (Å²) < 4.78 is 32.2. The van der Waals surface area contributed by atoms with E-state index in [4.69, 9.17) is 13.8 Å². The van der Waals surface area contributed by atoms with E-state index >= 15 is 0 Å². The van der Waals surface area contributed by atoms with Crippen LogP contribution in [0.4, 0.5) is 0 Å². The van der Waals surface area contributed by atoms with Crippen molar-refractivity contribution in [3.8, 4) is 11.4 Å². The van der Waals surface area contributed by atoms with Crippen LogP contribution < -0.4 is 10.2 Å². The normalized spacial score (nSPS) is 13.8. The highest BCUT2D eigenvalue weighted by molar-refractivity contribution is 7.62. The number of methoxy groups -OCH3 is 1. The molecule has 0 saturated carbocycles. The summed E-state index contributed by atoms with van der Waals surface area (Å²) in [4.78, 5) is 0. The first-order chi connectivity index (χ1) is 14.6. The van der Waals surface area contributed by atoms with Gasteiger partial charge in [-0.2, -0.15) is 0 Å². The molecule has 1 aliphatic carbocycles. The van der Waals surface area contributed by atoms with Gasteiger partial charge in [0.2, 0.25) is 0 Å². The van der Waals surface area contributed by atoms with Crippen LogP contribution in [0.2, 0.25) is 0 Å². The minimum atomic E-state index is -3.47. The van der Waals surface area contributed by atoms with Gasteiger partial charge >= 0.3 is 7.60 Å². The average Bonchev–Trinajstić information content (AvgIpc) is 3.14. The number of ether oxygens (including phenoxy) is 1. The van der Waals surface area contributed by atoms with Crippen LogP contribution in [-0.2, 0) is 32.9 Å². The molecule has 0 saturated heterocycles. The lowest BCUT2D eigenvalue weighted by atomic mass is 9.92. The Morgan fingerprint density at radius 2 is 1.50 bits per heavy atom. The first-order valence-electron chi connectivity index (χ1n) is 10.3. The maximum Gasteiger partial charge on any atom is 0.377 e. The van der Waals surface area contributed by atoms with Gasteiger partial charge in [0.25, 0.3) is 0 Å². The smallest absolute Gasteiger partial charge is 0.377 e. The summed E-state index contributed by atoms with van der Waals surface area (Å²) in [6, 6.07) is 18.2. The van der Waals surface area contributed by atoms with Gasteiger partial charge in [-0.1, -0.05) is 30.3 Å². The third kappa shape index (κ3) is 3.74. The largest absolute Gasteiger partial charge is 0.497 e. The molecule has 4 rings (SSSR count). The predicted molar refractivity (Wildman–Crippen MR) is 119 cm³/mol. The van der Waals surface area contributed by atoms with Crippen LogP contribution in [0.1, 0.15) is 35.2 Å². The van der Waals surface area contributed by atoms with Crippen molar-refractivity contribution in [2.75, 3.05) is 21.3 Å². The van der Waals surface area contributed by atoms with Crippen molar-refractivity contribution in [2.24, 2.45) is 0 Å². The van der Waals surface area contributed by atoms with Crippen LogP contribution in [0.5, 0.6) is 5.75 Å². The highest BCUT2D eigenvalue weighted by atomic mass is 31.2. The van der Waals surface area contributed by atoms with Crippen LogP contribution in [0.3, 0.4) is 0 Å². The minimum absolute atomic E-state index is 0.665. The first-order valence-corrected chi connectivity index (χ1v) is 11.8. The summed E-state index contributed by atoms with van der Waals surface area (Å²) in [5.74, 6) is 0.781. The van der Waals surface area contributed by atoms with Crippen molar-refractivity contribution in [2.45, 2.75) is 32.1 Å². The summed E-state index contributed by atoms with van der Waals surface area (Å²) in [6.07, 6.45) is 4.81. The second kappa shape index (κ2) is 8.81. The lowest BCUT2D eigenvalue weighted by Crippen LogP contribution is -2.23. The molecule has 3 aromatic rings. The Kier molecular flexibility index (Phi) is 6.14. The van der Waals surface area contributed by atoms with Crippen molar-refractivity contribution >= 4 is 13.0 Å². The Labute approximate surface area is 178 Å². The number of rotatable bonds is 7. The number of fused-ring (bicyclic) bond motifs is 1. The Hall–Kier alpha value is -2.33. The molecule has 0 radical (unpaired) electrons. The molecule has 158 valence electrons. The van der Waals surface area contributed by atoms with Crippen LogP contribution >= 0.6 is 7.60 Å². The standard InChI is InChI=1S/C24H28NO4P/c1-27-20-15-13-19(14-16-20)25-23(17-18-9-5-4-6-10-18)21-11-7-8-12-22(21)24(25)30(26,28-2)29-3/h4-6,9-10,13-16H,7-8,11-12,17H2,1-3H3. The van der Waals surface area contributed by atoms with E-state index < -0.39 is 7.60 Å². The molecule has 2 aromatic carbocycles. The van der Waals surface area contributed by atoms with Gasteiger partial charge in [0.05, 0.1) is 7.11 Å². The molecule has 5 nitrogen and oxygen atoms in total. The summed E-state index contributed by atoms with van der Waals surface area (Å²) in [7, 11) is 1.10. The summed E-state index contributed by atoms with van der Waals surface area (Å²) in [5.41, 5.74) is 6.37. The van der Waals surface area contributed by atoms with E-state index in [0.717, 1.165) is 54.8 Å². The Bertz CT molecular complexity index is 1050. The van der Waals surface area contributed by atoms with Gasteiger partial charge in [-0.25, -0.2) is 0 Å². The summed E-state index contributed by atoms with van der Waals surface area (Å²) in [5, 5.41) is 0. The molecular weight excluding hydrogens is 397 g/mol. The second-order valence-corrected chi connectivity index (χ2v) is 9.64. The van der Waals surface area contributed by atoms with E-state index in [0.29, 0.717) is 5.44 Å². The Morgan fingerprint density at radius 3 is 2.10 bits per heavy atom. The molecule has 0 N–H and O–H groups in total. The maximum absolute atomic E-state index is 13.7. The van der Waals surface area contributed by atoms with Gasteiger partial charge in [-0.05, 0) is 66.6 Å². The van der Waals surface area contributed by atoms with Crippen molar-refractivity contribution in [1.82, 2.24) is 4.57 Å². The minimum Gasteiger partial charge on any atom is -0.497 e. The van der Waals surface area contributed by atoms with Gasteiger partial charge < -0.3 is 18.4 Å². The predicted octanol–water partition coefficient (Wildman–Crippen LogP) is 5.07. The van der Waals surface area contributed by atoms with Crippen molar-refractivity contribution < 1.29 is 18.3 Å². The first kappa shape index (κ1) is 20.9. The van der Waals surface area contributed by atoms with Gasteiger partial charge in [-0.15, -0.1) is 0 Å². The second-order valence-electron chi connectivity index (χ2n) is 7.49. The van der Waals surface area contributed by atoms with E-state index in [2.05, 4.69) is 28.8 Å². The van der Waals surface area contributed by atoms with Crippen molar-refractivity contribution in [3.05, 3.63) is 77.0 Å². The van der Waals surface area contributed by atoms with E-state index in [1.54, 1.807) is 7.11 Å². The number of benzene rings is 2. The molecule has 30 heavy (non-hydrogen) atoms. The molecule has 0 aliphatic heterocycles. The van der Waals surface area contributed by atoms with Crippen LogP contribution in [0.15, 0.2) is 54.6 Å². The van der Waals surface area contributed by atoms with Gasteiger partial charge in [-0.3, -0.25) is 4.57 Å². The number of aromatic nitrogens is 1. The molecule has 1 aromatic heterocycles. The highest BCUT2D eigenvalue weighted by Crippen LogP contribution is 2.49. The zero-order chi connectivity index (χ0) is 21.1. The zero-order valence-electron chi connectivity index (χ0n) is 17.8. The molecule has 1 aliphatic rings. The molecule has 0 unspecified atom stereocenters. The quantitative estimate of drug-likeness (QED) is 0.496. The number of nitrogens with zero attached hydrogens (tertiary/aromatic N) is 1. The van der Waals surface area contributed by atoms with E-state index in [1.807, 2.05) is 30.3 Å². The fourth-order valence-electron chi connectivity index (χ4n) is 4.39. The highest BCUT2D eigenvalue weighted by Gasteiger charge is 2.37. The number of hydrogen-bond acceptors (Lipinski definition) is 4. The maximum atomic E-state index is 13.7. The molecule has 6 heteroatoms. The molecule has 0 fully saturated rings. The van der Waals surface area contributed by atoms with Crippen LogP contribution in [0.25, 0.3) is 5.69 Å². The van der Waals surface area contributed by atoms with E-state index in [9.17, 15) is 4.57 Å². The van der Waals surface area contributed by atoms with Crippen LogP contribution in [0, 0.1) is 0 Å². The Morgan fingerprint density at radius 1 is 0.867 bits per heavy atom. The average molecular weight is 425 g/mol. The third-order valence-electron chi connectivity index (χ3n) is 5.85. The number of hydrogen-bond donors (Lipinski definition) is 0. The van der Waals surface area contributed by atoms with E-state index in [1.165, 1.54) is 25.3 Å². The molecular formula is C24H28NO4P. The fraction of sp³-hybridized carbons (Fsp3) is 0.333.